The van der Waals surface area contributed by atoms with Gasteiger partial charge in [0.1, 0.15) is 23.2 Å². The Hall–Kier alpha value is -4.72. The van der Waals surface area contributed by atoms with E-state index in [2.05, 4.69) is 6.07 Å². The number of carbonyl (C=O) groups excluding carboxylic acids is 2. The van der Waals surface area contributed by atoms with Crippen molar-refractivity contribution >= 4 is 34.9 Å². The van der Waals surface area contributed by atoms with Crippen LogP contribution in [0.1, 0.15) is 32.8 Å². The van der Waals surface area contributed by atoms with Crippen LogP contribution in [-0.2, 0) is 24.5 Å². The largest absolute Gasteiger partial charge is 0.478 e. The van der Waals surface area contributed by atoms with Crippen molar-refractivity contribution in [3.8, 4) is 6.07 Å². The zero-order valence-corrected chi connectivity index (χ0v) is 26.1. The van der Waals surface area contributed by atoms with Gasteiger partial charge in [-0.25, -0.2) is 0 Å². The maximum atomic E-state index is 14.5. The lowest BCUT2D eigenvalue weighted by molar-refractivity contribution is -0.150. The summed E-state index contributed by atoms with van der Waals surface area (Å²) in [7, 11) is -3.26. The Morgan fingerprint density at radius 3 is 1.50 bits per heavy atom. The molecule has 4 aromatic carbocycles. The molecule has 2 unspecified atom stereocenters. The van der Waals surface area contributed by atoms with Crippen LogP contribution in [0.3, 0.4) is 0 Å². The van der Waals surface area contributed by atoms with Gasteiger partial charge in [0.15, 0.2) is 22.4 Å². The quantitative estimate of drug-likeness (QED) is 0.108. The van der Waals surface area contributed by atoms with Crippen molar-refractivity contribution in [3.05, 3.63) is 138 Å². The van der Waals surface area contributed by atoms with Crippen LogP contribution < -0.4 is 15.9 Å². The Balaban J connectivity index is 2.33. The lowest BCUT2D eigenvalue weighted by Crippen LogP contribution is -2.50. The van der Waals surface area contributed by atoms with E-state index in [1.165, 1.54) is 0 Å². The summed E-state index contributed by atoms with van der Waals surface area (Å²) in [5, 5.41) is 25.8. The molecular weight excluding hydrogens is 569 g/mol. The Labute approximate surface area is 259 Å². The highest BCUT2D eigenvalue weighted by Crippen LogP contribution is 2.67. The molecule has 2 atom stereocenters. The van der Waals surface area contributed by atoms with E-state index < -0.39 is 36.3 Å². The number of Topliss-reactive ketones (excluding diaryl/α,β-unsaturated/α-hetero) is 1. The van der Waals surface area contributed by atoms with Crippen LogP contribution in [-0.4, -0.2) is 30.1 Å². The fourth-order valence-electron chi connectivity index (χ4n) is 5.87. The number of nitrogens with zero attached hydrogens (tertiary/aromatic N) is 1. The van der Waals surface area contributed by atoms with Crippen molar-refractivity contribution in [2.45, 2.75) is 32.6 Å². The van der Waals surface area contributed by atoms with Gasteiger partial charge in [0.05, 0.1) is 19.3 Å². The summed E-state index contributed by atoms with van der Waals surface area (Å²) < 4.78 is 11.6. The Kier molecular flexibility index (Phi) is 10.7. The van der Waals surface area contributed by atoms with Gasteiger partial charge in [-0.2, -0.15) is 5.26 Å². The molecule has 44 heavy (non-hydrogen) atoms. The minimum atomic E-state index is -3.26. The average molecular weight is 607 g/mol. The molecule has 0 saturated heterocycles. The molecule has 0 radical (unpaired) electrons. The number of carbonyl (C=O) groups is 2. The second-order valence-electron chi connectivity index (χ2n) is 10.0. The van der Waals surface area contributed by atoms with E-state index in [1.807, 2.05) is 91.0 Å². The molecule has 0 aromatic heterocycles. The van der Waals surface area contributed by atoms with Gasteiger partial charge >= 0.3 is 11.9 Å². The normalized spacial score (nSPS) is 13.9. The maximum absolute atomic E-state index is 14.5. The van der Waals surface area contributed by atoms with Crippen LogP contribution in [0.25, 0.3) is 0 Å². The molecule has 0 heterocycles. The molecule has 0 spiro atoms. The molecule has 224 valence electrons. The van der Waals surface area contributed by atoms with Crippen molar-refractivity contribution < 1.29 is 24.2 Å². The monoisotopic (exact) mass is 606 g/mol. The molecule has 1 N–H and O–H groups in total. The third kappa shape index (κ3) is 5.76. The Morgan fingerprint density at radius 2 is 1.14 bits per heavy atom. The van der Waals surface area contributed by atoms with E-state index >= 15 is 0 Å². The fourth-order valence-corrected chi connectivity index (χ4v) is 10.5. The zero-order chi connectivity index (χ0) is 31.6. The number of nitriles is 1. The van der Waals surface area contributed by atoms with Gasteiger partial charge < -0.3 is 14.6 Å². The summed E-state index contributed by atoms with van der Waals surface area (Å²) in [5.74, 6) is -3.34. The summed E-state index contributed by atoms with van der Waals surface area (Å²) >= 11 is 0. The Morgan fingerprint density at radius 1 is 0.727 bits per heavy atom. The number of benzene rings is 4. The van der Waals surface area contributed by atoms with Gasteiger partial charge in [-0.05, 0) is 55.8 Å². The van der Waals surface area contributed by atoms with E-state index in [1.54, 1.807) is 51.1 Å². The van der Waals surface area contributed by atoms with Gasteiger partial charge in [-0.1, -0.05) is 91.9 Å². The molecule has 0 aliphatic carbocycles. The molecule has 0 bridgehead atoms. The zero-order valence-electron chi connectivity index (χ0n) is 25.2. The minimum absolute atomic E-state index is 0.00206. The van der Waals surface area contributed by atoms with Crippen molar-refractivity contribution in [2.24, 2.45) is 5.92 Å². The molecule has 0 fully saturated rings. The fraction of sp³-hybridized carbons (Fsp3) is 0.216. The second-order valence-corrected chi connectivity index (χ2v) is 13.4. The third-order valence-electron chi connectivity index (χ3n) is 7.69. The summed E-state index contributed by atoms with van der Waals surface area (Å²) in [5.41, 5.74) is -1.71. The van der Waals surface area contributed by atoms with Gasteiger partial charge in [0, 0.05) is 6.42 Å². The van der Waals surface area contributed by atoms with Crippen LogP contribution in [0.5, 0.6) is 0 Å². The number of ketones is 1. The summed E-state index contributed by atoms with van der Waals surface area (Å²) in [6, 6.07) is 39.7. The summed E-state index contributed by atoms with van der Waals surface area (Å²) in [4.78, 5) is 28.8. The number of rotatable bonds is 13. The predicted octanol–water partition coefficient (Wildman–Crippen LogP) is 6.36. The first-order valence-corrected chi connectivity index (χ1v) is 16.5. The molecule has 0 saturated carbocycles. The number of hydrogen-bond acceptors (Lipinski definition) is 6. The molecule has 0 amide bonds. The van der Waals surface area contributed by atoms with Crippen LogP contribution in [0.15, 0.2) is 133 Å². The summed E-state index contributed by atoms with van der Waals surface area (Å²) in [6.45, 7) is 5.15. The van der Waals surface area contributed by atoms with Crippen molar-refractivity contribution in [3.63, 3.8) is 0 Å². The average Bonchev–Trinajstić information content (AvgIpc) is 3.08. The van der Waals surface area contributed by atoms with Gasteiger partial charge in [0.25, 0.3) is 0 Å². The van der Waals surface area contributed by atoms with E-state index in [0.29, 0.717) is 5.56 Å². The lowest BCUT2D eigenvalue weighted by Gasteiger charge is -2.38. The van der Waals surface area contributed by atoms with Crippen LogP contribution in [0.2, 0.25) is 0 Å². The summed E-state index contributed by atoms with van der Waals surface area (Å²) in [6.07, 6.45) is -0.0332. The second kappa shape index (κ2) is 14.6. The predicted molar refractivity (Wildman–Crippen MR) is 176 cm³/mol. The third-order valence-corrected chi connectivity index (χ3v) is 12.1. The molecule has 4 aromatic rings. The van der Waals surface area contributed by atoms with Crippen LogP contribution >= 0.6 is 7.26 Å². The molecule has 7 heteroatoms. The highest BCUT2D eigenvalue weighted by atomic mass is 31.2. The number of hydrogen-bond donors (Lipinski definition) is 1. The highest BCUT2D eigenvalue weighted by Gasteiger charge is 2.64. The minimum Gasteiger partial charge on any atom is -0.478 e. The van der Waals surface area contributed by atoms with Crippen LogP contribution in [0.4, 0.5) is 0 Å². The Bertz CT molecular complexity index is 1520. The number of esters is 1. The van der Waals surface area contributed by atoms with Gasteiger partial charge in [-0.3, -0.25) is 9.59 Å². The lowest BCUT2D eigenvalue weighted by atomic mass is 9.67. The van der Waals surface area contributed by atoms with Gasteiger partial charge in [0.2, 0.25) is 0 Å². The number of ether oxygens (including phenoxy) is 2. The molecule has 0 aliphatic heterocycles. The molecular formula is C37H37NO5P+. The van der Waals surface area contributed by atoms with Crippen molar-refractivity contribution in [1.82, 2.24) is 0 Å². The first-order chi connectivity index (χ1) is 21.4. The van der Waals surface area contributed by atoms with E-state index in [0.717, 1.165) is 15.9 Å². The molecule has 0 aliphatic rings. The molecule has 4 rings (SSSR count). The first kappa shape index (κ1) is 32.2. The van der Waals surface area contributed by atoms with E-state index in [-0.39, 0.29) is 24.9 Å². The van der Waals surface area contributed by atoms with E-state index in [9.17, 15) is 20.0 Å². The van der Waals surface area contributed by atoms with Crippen molar-refractivity contribution in [1.29, 1.82) is 5.26 Å². The topological polar surface area (TPSA) is 96.6 Å². The highest BCUT2D eigenvalue weighted by molar-refractivity contribution is 7.99. The maximum Gasteiger partial charge on any atom is 0.319 e. The standard InChI is InChI=1S/C37H36NO5P/c1-4-32(39)37(27-38,28-19-11-7-12-20-28)33(35(40)42-5-2)34(36(41)43-6-3)44(29-21-13-8-14-22-29,30-23-15-9-16-24-30)31-25-17-10-18-26-31/h7-26,33H,4-6H2,1-3H3/p+1/b36-34-. The van der Waals surface area contributed by atoms with Gasteiger partial charge in [-0.15, -0.1) is 0 Å². The smallest absolute Gasteiger partial charge is 0.319 e. The molecule has 6 nitrogen and oxygen atoms in total. The van der Waals surface area contributed by atoms with E-state index in [4.69, 9.17) is 9.47 Å². The number of aliphatic hydroxyl groups is 1. The number of aliphatic hydroxyl groups excluding tert-OH is 1. The SMILES string of the molecule is CCOC(=O)C(/C(=C(\O)OCC)[P+](c1ccccc1)(c1ccccc1)c1ccccc1)C(C#N)(C(=O)CC)c1ccccc1. The first-order valence-electron chi connectivity index (χ1n) is 14.7. The van der Waals surface area contributed by atoms with Crippen LogP contribution in [0, 0.1) is 17.2 Å². The van der Waals surface area contributed by atoms with Crippen molar-refractivity contribution in [2.75, 3.05) is 13.2 Å².